The molecule has 218 valence electrons. The maximum Gasteiger partial charge on any atom is 0.360 e. The minimum Gasteiger partial charge on any atom is -0.476 e. The molecule has 0 saturated carbocycles. The zero-order chi connectivity index (χ0) is 30.4. The van der Waals surface area contributed by atoms with E-state index in [4.69, 9.17) is 9.57 Å². The Labute approximate surface area is 250 Å². The Morgan fingerprint density at radius 3 is 1.74 bits per heavy atom. The molecule has 0 amide bonds. The van der Waals surface area contributed by atoms with Gasteiger partial charge in [-0.15, -0.1) is 11.3 Å². The summed E-state index contributed by atoms with van der Waals surface area (Å²) in [5.74, 6) is -1.97. The molecule has 4 aromatic rings. The van der Waals surface area contributed by atoms with Crippen molar-refractivity contribution in [3.63, 3.8) is 0 Å². The minimum atomic E-state index is -1.48. The number of esters is 1. The van der Waals surface area contributed by atoms with Gasteiger partial charge in [0.05, 0.1) is 0 Å². The lowest BCUT2D eigenvalue weighted by atomic mass is 9.77. The van der Waals surface area contributed by atoms with Crippen molar-refractivity contribution in [2.45, 2.75) is 57.8 Å². The summed E-state index contributed by atoms with van der Waals surface area (Å²) < 4.78 is 5.47. The third-order valence-corrected chi connectivity index (χ3v) is 7.47. The highest BCUT2D eigenvalue weighted by Gasteiger charge is 2.40. The van der Waals surface area contributed by atoms with E-state index < -0.39 is 34.4 Å². The Balaban J connectivity index is 1.75. The number of aromatic nitrogens is 1. The molecule has 42 heavy (non-hydrogen) atoms. The number of rotatable bonds is 11. The van der Waals surface area contributed by atoms with Gasteiger partial charge >= 0.3 is 11.9 Å². The van der Waals surface area contributed by atoms with Gasteiger partial charge in [0.2, 0.25) is 11.3 Å². The zero-order valence-electron chi connectivity index (χ0n) is 24.3. The number of anilines is 1. The Kier molecular flexibility index (Phi) is 9.11. The molecule has 0 saturated heterocycles. The molecule has 1 heterocycles. The number of benzene rings is 3. The third kappa shape index (κ3) is 6.69. The Morgan fingerprint density at radius 2 is 1.33 bits per heavy atom. The van der Waals surface area contributed by atoms with Crippen molar-refractivity contribution in [1.82, 2.24) is 4.98 Å². The second-order valence-corrected chi connectivity index (χ2v) is 11.8. The topological polar surface area (TPSA) is 110 Å². The second-order valence-electron chi connectivity index (χ2n) is 10.9. The molecule has 9 heteroatoms. The third-order valence-electron chi connectivity index (χ3n) is 6.71. The van der Waals surface area contributed by atoms with Gasteiger partial charge in [0, 0.05) is 5.38 Å². The van der Waals surface area contributed by atoms with E-state index in [0.29, 0.717) is 5.13 Å². The summed E-state index contributed by atoms with van der Waals surface area (Å²) in [6, 6.07) is 30.0. The van der Waals surface area contributed by atoms with Crippen LogP contribution in [-0.4, -0.2) is 38.9 Å². The maximum absolute atomic E-state index is 12.8. The smallest absolute Gasteiger partial charge is 0.360 e. The van der Waals surface area contributed by atoms with E-state index in [1.54, 1.807) is 33.1 Å². The zero-order valence-corrected chi connectivity index (χ0v) is 25.1. The summed E-state index contributed by atoms with van der Waals surface area (Å²) in [6.45, 7) is 8.50. The summed E-state index contributed by atoms with van der Waals surface area (Å²) in [6.07, 6.45) is 0.218. The van der Waals surface area contributed by atoms with E-state index in [2.05, 4.69) is 15.5 Å². The number of ether oxygens (including phenoxy) is 1. The number of carbonyl (C=O) groups excluding carboxylic acids is 1. The van der Waals surface area contributed by atoms with Crippen LogP contribution in [0.4, 0.5) is 5.13 Å². The maximum atomic E-state index is 12.8. The summed E-state index contributed by atoms with van der Waals surface area (Å²) in [4.78, 5) is 35.3. The number of oxime groups is 1. The molecule has 0 bridgehead atoms. The van der Waals surface area contributed by atoms with Gasteiger partial charge in [-0.3, -0.25) is 0 Å². The number of carboxylic acid groups (broad SMARTS) is 1. The number of nitrogens with one attached hydrogen (secondary N) is 1. The summed E-state index contributed by atoms with van der Waals surface area (Å²) >= 11 is 1.25. The highest BCUT2D eigenvalue weighted by Crippen LogP contribution is 2.40. The first-order chi connectivity index (χ1) is 20.0. The highest BCUT2D eigenvalue weighted by molar-refractivity contribution is 7.14. The van der Waals surface area contributed by atoms with Crippen molar-refractivity contribution in [3.05, 3.63) is 119 Å². The summed E-state index contributed by atoms with van der Waals surface area (Å²) in [5.41, 5.74) is -0.453. The van der Waals surface area contributed by atoms with Crippen molar-refractivity contribution in [1.29, 1.82) is 0 Å². The van der Waals surface area contributed by atoms with Crippen LogP contribution < -0.4 is 5.32 Å². The second kappa shape index (κ2) is 12.6. The van der Waals surface area contributed by atoms with Gasteiger partial charge in [-0.1, -0.05) is 103 Å². The van der Waals surface area contributed by atoms with Crippen LogP contribution in [0.3, 0.4) is 0 Å². The van der Waals surface area contributed by atoms with Gasteiger partial charge in [-0.2, -0.15) is 0 Å². The van der Waals surface area contributed by atoms with E-state index in [-0.39, 0.29) is 12.1 Å². The number of carboxylic acids is 1. The van der Waals surface area contributed by atoms with Gasteiger partial charge in [0.1, 0.15) is 16.8 Å². The molecule has 8 nitrogen and oxygen atoms in total. The summed E-state index contributed by atoms with van der Waals surface area (Å²) in [5, 5.41) is 19.6. The Morgan fingerprint density at radius 1 is 0.857 bits per heavy atom. The van der Waals surface area contributed by atoms with Crippen LogP contribution in [0.1, 0.15) is 63.4 Å². The lowest BCUT2D eigenvalue weighted by molar-refractivity contribution is -0.182. The van der Waals surface area contributed by atoms with Crippen LogP contribution >= 0.6 is 11.3 Å². The molecule has 1 atom stereocenters. The van der Waals surface area contributed by atoms with Gasteiger partial charge in [0.25, 0.3) is 0 Å². The van der Waals surface area contributed by atoms with Gasteiger partial charge in [0.15, 0.2) is 5.13 Å². The number of nitrogens with zero attached hydrogens (tertiary/aromatic N) is 2. The fourth-order valence-corrected chi connectivity index (χ4v) is 5.11. The van der Waals surface area contributed by atoms with Crippen molar-refractivity contribution in [3.8, 4) is 0 Å². The van der Waals surface area contributed by atoms with Gasteiger partial charge in [-0.25, -0.2) is 14.6 Å². The first kappa shape index (κ1) is 30.5. The number of aliphatic carboxylic acids is 1. The van der Waals surface area contributed by atoms with Crippen molar-refractivity contribution in [2.75, 3.05) is 5.32 Å². The molecular weight excluding hydrogens is 550 g/mol. The van der Waals surface area contributed by atoms with Crippen LogP contribution in [0.2, 0.25) is 0 Å². The Bertz CT molecular complexity index is 1440. The number of hydrogen-bond donors (Lipinski definition) is 2. The fraction of sp³-hybridized carbons (Fsp3) is 0.273. The average molecular weight is 586 g/mol. The molecular formula is C33H35N3O5S. The van der Waals surface area contributed by atoms with E-state index in [9.17, 15) is 14.7 Å². The summed E-state index contributed by atoms with van der Waals surface area (Å²) in [7, 11) is 0. The highest BCUT2D eigenvalue weighted by atomic mass is 32.1. The molecule has 0 aliphatic heterocycles. The van der Waals surface area contributed by atoms with Crippen LogP contribution in [-0.2, 0) is 24.7 Å². The number of hydrogen-bond acceptors (Lipinski definition) is 8. The van der Waals surface area contributed by atoms with Crippen molar-refractivity contribution >= 4 is 34.1 Å². The molecule has 0 aliphatic rings. The van der Waals surface area contributed by atoms with Crippen molar-refractivity contribution in [2.24, 2.45) is 5.16 Å². The van der Waals surface area contributed by atoms with E-state index in [1.165, 1.54) is 18.3 Å². The molecule has 3 aromatic carbocycles. The van der Waals surface area contributed by atoms with Crippen LogP contribution in [0.25, 0.3) is 0 Å². The molecule has 2 N–H and O–H groups in total. The van der Waals surface area contributed by atoms with Gasteiger partial charge < -0.3 is 20.0 Å². The first-order valence-corrected chi connectivity index (χ1v) is 14.5. The SMILES string of the molecule is CCC(C)(O/N=C(\C(=O)O)c1csc(NC(c2ccccc2)(c2ccccc2)c2ccccc2)n1)C(=O)OC(C)(C)C. The molecule has 1 aromatic heterocycles. The van der Waals surface area contributed by atoms with Crippen LogP contribution in [0.15, 0.2) is 102 Å². The van der Waals surface area contributed by atoms with E-state index in [1.807, 2.05) is 91.0 Å². The molecule has 0 fully saturated rings. The van der Waals surface area contributed by atoms with Crippen LogP contribution in [0.5, 0.6) is 0 Å². The first-order valence-electron chi connectivity index (χ1n) is 13.6. The average Bonchev–Trinajstić information content (AvgIpc) is 3.44. The van der Waals surface area contributed by atoms with Gasteiger partial charge in [-0.05, 0) is 50.8 Å². The van der Waals surface area contributed by atoms with Crippen molar-refractivity contribution < 1.29 is 24.3 Å². The minimum absolute atomic E-state index is 0.0979. The predicted octanol–water partition coefficient (Wildman–Crippen LogP) is 6.86. The Hall–Kier alpha value is -4.50. The molecule has 0 spiro atoms. The lowest BCUT2D eigenvalue weighted by Crippen LogP contribution is -2.42. The monoisotopic (exact) mass is 585 g/mol. The molecule has 0 aliphatic carbocycles. The lowest BCUT2D eigenvalue weighted by Gasteiger charge is -2.36. The quantitative estimate of drug-likeness (QED) is 0.0856. The van der Waals surface area contributed by atoms with Crippen LogP contribution in [0, 0.1) is 0 Å². The normalized spacial score (nSPS) is 13.6. The standard InChI is InChI=1S/C33H35N3O5S/c1-6-32(5,29(39)40-31(2,3)4)41-36-27(28(37)38)26-22-42-30(34-26)35-33(23-16-10-7-11-17-23,24-18-12-8-13-19-24)25-20-14-9-15-21-25/h7-22H,6H2,1-5H3,(H,34,35)(H,37,38)/b36-27-. The number of thiazole rings is 1. The number of carbonyl (C=O) groups is 2. The molecule has 1 unspecified atom stereocenters. The molecule has 0 radical (unpaired) electrons. The fourth-order valence-electron chi connectivity index (χ4n) is 4.36. The van der Waals surface area contributed by atoms with E-state index >= 15 is 0 Å². The molecule has 4 rings (SSSR count). The largest absolute Gasteiger partial charge is 0.476 e. The predicted molar refractivity (Wildman–Crippen MR) is 165 cm³/mol. The van der Waals surface area contributed by atoms with E-state index in [0.717, 1.165) is 16.7 Å².